The highest BCUT2D eigenvalue weighted by atomic mass is 16.5. The first-order chi connectivity index (χ1) is 8.12. The normalized spacial score (nSPS) is 14.1. The molecule has 0 radical (unpaired) electrons. The smallest absolute Gasteiger partial charge is 0.307 e. The summed E-state index contributed by atoms with van der Waals surface area (Å²) in [4.78, 5) is 15.7. The van der Waals surface area contributed by atoms with Crippen molar-refractivity contribution in [2.45, 2.75) is 32.7 Å². The van der Waals surface area contributed by atoms with Crippen LogP contribution in [0.3, 0.4) is 0 Å². The number of rotatable bonds is 6. The third-order valence-corrected chi connectivity index (χ3v) is 2.67. The summed E-state index contributed by atoms with van der Waals surface area (Å²) in [6.45, 7) is 7.01. The third kappa shape index (κ3) is 3.82. The first-order valence-electron chi connectivity index (χ1n) is 5.93. The van der Waals surface area contributed by atoms with Crippen molar-refractivity contribution < 1.29 is 9.53 Å². The molecule has 1 aromatic rings. The summed E-state index contributed by atoms with van der Waals surface area (Å²) in [7, 11) is 0. The third-order valence-electron chi connectivity index (χ3n) is 2.67. The van der Waals surface area contributed by atoms with E-state index < -0.39 is 5.54 Å². The van der Waals surface area contributed by atoms with E-state index in [0.29, 0.717) is 13.0 Å². The first-order valence-corrected chi connectivity index (χ1v) is 5.93. The quantitative estimate of drug-likeness (QED) is 0.766. The Kier molecular flexibility index (Phi) is 5.10. The Labute approximate surface area is 102 Å². The topological polar surface area (TPSA) is 51.2 Å². The maximum absolute atomic E-state index is 11.6. The van der Waals surface area contributed by atoms with Crippen LogP contribution in [0.25, 0.3) is 0 Å². The molecule has 1 rings (SSSR count). The van der Waals surface area contributed by atoms with Crippen molar-refractivity contribution in [1.29, 1.82) is 0 Å². The molecule has 1 heterocycles. The Hall–Kier alpha value is -1.42. The second kappa shape index (κ2) is 6.35. The average molecular weight is 236 g/mol. The number of carbonyl (C=O) groups is 1. The van der Waals surface area contributed by atoms with E-state index >= 15 is 0 Å². The number of aromatic nitrogens is 1. The fourth-order valence-electron chi connectivity index (χ4n) is 1.85. The van der Waals surface area contributed by atoms with E-state index in [1.807, 2.05) is 32.9 Å². The van der Waals surface area contributed by atoms with Crippen LogP contribution in [0.2, 0.25) is 0 Å². The summed E-state index contributed by atoms with van der Waals surface area (Å²) in [6, 6.07) is 3.84. The van der Waals surface area contributed by atoms with Crippen molar-refractivity contribution in [3.8, 4) is 0 Å². The molecule has 0 aliphatic heterocycles. The number of carbonyl (C=O) groups excluding carboxylic acids is 1. The summed E-state index contributed by atoms with van der Waals surface area (Å²) in [5.74, 6) is -0.195. The SMILES string of the molecule is CCNC(C)(CC(=O)OCC)c1cccnc1. The zero-order chi connectivity index (χ0) is 12.7. The Morgan fingerprint density at radius 3 is 2.82 bits per heavy atom. The summed E-state index contributed by atoms with van der Waals surface area (Å²) in [5, 5.41) is 3.32. The highest BCUT2D eigenvalue weighted by Crippen LogP contribution is 2.24. The average Bonchev–Trinajstić information content (AvgIpc) is 2.30. The van der Waals surface area contributed by atoms with Gasteiger partial charge in [0, 0.05) is 12.4 Å². The Morgan fingerprint density at radius 1 is 1.53 bits per heavy atom. The van der Waals surface area contributed by atoms with Gasteiger partial charge in [-0.25, -0.2) is 0 Å². The molecule has 0 aliphatic carbocycles. The van der Waals surface area contributed by atoms with E-state index in [4.69, 9.17) is 4.74 Å². The number of nitrogens with one attached hydrogen (secondary N) is 1. The highest BCUT2D eigenvalue weighted by molar-refractivity contribution is 5.71. The van der Waals surface area contributed by atoms with Gasteiger partial charge in [-0.3, -0.25) is 9.78 Å². The summed E-state index contributed by atoms with van der Waals surface area (Å²) < 4.78 is 5.01. The Balaban J connectivity index is 2.86. The van der Waals surface area contributed by atoms with E-state index in [1.165, 1.54) is 0 Å². The van der Waals surface area contributed by atoms with Crippen LogP contribution in [0.5, 0.6) is 0 Å². The zero-order valence-electron chi connectivity index (χ0n) is 10.7. The molecule has 0 amide bonds. The minimum absolute atomic E-state index is 0.195. The molecule has 94 valence electrons. The number of nitrogens with zero attached hydrogens (tertiary/aromatic N) is 1. The molecule has 0 saturated heterocycles. The van der Waals surface area contributed by atoms with Crippen molar-refractivity contribution in [3.05, 3.63) is 30.1 Å². The molecular weight excluding hydrogens is 216 g/mol. The predicted octanol–water partition coefficient (Wildman–Crippen LogP) is 1.86. The predicted molar refractivity (Wildman–Crippen MR) is 66.5 cm³/mol. The lowest BCUT2D eigenvalue weighted by molar-refractivity contribution is -0.144. The maximum Gasteiger partial charge on any atom is 0.307 e. The van der Waals surface area contributed by atoms with E-state index in [-0.39, 0.29) is 5.97 Å². The van der Waals surface area contributed by atoms with Gasteiger partial charge in [-0.15, -0.1) is 0 Å². The van der Waals surface area contributed by atoms with Gasteiger partial charge >= 0.3 is 5.97 Å². The molecule has 17 heavy (non-hydrogen) atoms. The first kappa shape index (κ1) is 13.6. The van der Waals surface area contributed by atoms with E-state index in [9.17, 15) is 4.79 Å². The molecule has 0 spiro atoms. The van der Waals surface area contributed by atoms with Crippen LogP contribution >= 0.6 is 0 Å². The number of esters is 1. The second-order valence-corrected chi connectivity index (χ2v) is 4.09. The van der Waals surface area contributed by atoms with E-state index in [2.05, 4.69) is 10.3 Å². The van der Waals surface area contributed by atoms with Crippen LogP contribution < -0.4 is 5.32 Å². The fourth-order valence-corrected chi connectivity index (χ4v) is 1.85. The van der Waals surface area contributed by atoms with Crippen LogP contribution in [-0.2, 0) is 15.1 Å². The van der Waals surface area contributed by atoms with Gasteiger partial charge in [0.2, 0.25) is 0 Å². The lowest BCUT2D eigenvalue weighted by Gasteiger charge is -2.29. The van der Waals surface area contributed by atoms with Crippen molar-refractivity contribution >= 4 is 5.97 Å². The lowest BCUT2D eigenvalue weighted by atomic mass is 9.90. The van der Waals surface area contributed by atoms with Gasteiger partial charge in [0.05, 0.1) is 18.6 Å². The van der Waals surface area contributed by atoms with Gasteiger partial charge < -0.3 is 10.1 Å². The van der Waals surface area contributed by atoms with Gasteiger partial charge in [0.25, 0.3) is 0 Å². The van der Waals surface area contributed by atoms with Crippen molar-refractivity contribution in [2.75, 3.05) is 13.2 Å². The molecule has 4 heteroatoms. The molecule has 0 fully saturated rings. The Morgan fingerprint density at radius 2 is 2.29 bits per heavy atom. The summed E-state index contributed by atoms with van der Waals surface area (Å²) >= 11 is 0. The van der Waals surface area contributed by atoms with Gasteiger partial charge in [-0.2, -0.15) is 0 Å². The fraction of sp³-hybridized carbons (Fsp3) is 0.538. The Bertz CT molecular complexity index is 354. The molecular formula is C13H20N2O2. The molecule has 0 saturated carbocycles. The standard InChI is InChI=1S/C13H20N2O2/c1-4-15-13(3,9-12(16)17-5-2)11-7-6-8-14-10-11/h6-8,10,15H,4-5,9H2,1-3H3. The largest absolute Gasteiger partial charge is 0.466 e. The highest BCUT2D eigenvalue weighted by Gasteiger charge is 2.29. The van der Waals surface area contributed by atoms with Crippen LogP contribution in [0.1, 0.15) is 32.8 Å². The number of pyridine rings is 1. The van der Waals surface area contributed by atoms with Gasteiger partial charge in [0.15, 0.2) is 0 Å². The van der Waals surface area contributed by atoms with Crippen LogP contribution in [0.15, 0.2) is 24.5 Å². The van der Waals surface area contributed by atoms with Crippen molar-refractivity contribution in [1.82, 2.24) is 10.3 Å². The van der Waals surface area contributed by atoms with Crippen molar-refractivity contribution in [3.63, 3.8) is 0 Å². The molecule has 0 bridgehead atoms. The molecule has 4 nitrogen and oxygen atoms in total. The summed E-state index contributed by atoms with van der Waals surface area (Å²) in [5.41, 5.74) is 0.574. The van der Waals surface area contributed by atoms with E-state index in [0.717, 1.165) is 12.1 Å². The number of ether oxygens (including phenoxy) is 1. The molecule has 0 aromatic carbocycles. The van der Waals surface area contributed by atoms with Gasteiger partial charge in [0.1, 0.15) is 0 Å². The van der Waals surface area contributed by atoms with Crippen LogP contribution in [0, 0.1) is 0 Å². The van der Waals surface area contributed by atoms with Gasteiger partial charge in [-0.1, -0.05) is 13.0 Å². The minimum atomic E-state index is -0.421. The molecule has 1 N–H and O–H groups in total. The van der Waals surface area contributed by atoms with Crippen LogP contribution in [-0.4, -0.2) is 24.1 Å². The van der Waals surface area contributed by atoms with E-state index in [1.54, 1.807) is 12.4 Å². The molecule has 1 aromatic heterocycles. The summed E-state index contributed by atoms with van der Waals surface area (Å²) in [6.07, 6.45) is 3.81. The van der Waals surface area contributed by atoms with Crippen molar-refractivity contribution in [2.24, 2.45) is 0 Å². The zero-order valence-corrected chi connectivity index (χ0v) is 10.7. The molecule has 0 aliphatic rings. The maximum atomic E-state index is 11.6. The molecule has 1 unspecified atom stereocenters. The van der Waals surface area contributed by atoms with Gasteiger partial charge in [-0.05, 0) is 32.0 Å². The minimum Gasteiger partial charge on any atom is -0.466 e. The number of hydrogen-bond donors (Lipinski definition) is 1. The molecule has 1 atom stereocenters. The van der Waals surface area contributed by atoms with Crippen LogP contribution in [0.4, 0.5) is 0 Å². The second-order valence-electron chi connectivity index (χ2n) is 4.09. The monoisotopic (exact) mass is 236 g/mol. The number of hydrogen-bond acceptors (Lipinski definition) is 4. The lowest BCUT2D eigenvalue weighted by Crippen LogP contribution is -2.41.